The van der Waals surface area contributed by atoms with Crippen LogP contribution in [0.3, 0.4) is 0 Å². The van der Waals surface area contributed by atoms with Gasteiger partial charge < -0.3 is 24.6 Å². The Morgan fingerprint density at radius 2 is 1.57 bits per heavy atom. The van der Waals surface area contributed by atoms with Gasteiger partial charge in [-0.3, -0.25) is 4.79 Å². The quantitative estimate of drug-likeness (QED) is 0.194. The van der Waals surface area contributed by atoms with Crippen LogP contribution in [0.25, 0.3) is 0 Å². The number of ether oxygens (including phenoxy) is 2. The van der Waals surface area contributed by atoms with Gasteiger partial charge in [0.25, 0.3) is 0 Å². The summed E-state index contributed by atoms with van der Waals surface area (Å²) in [4.78, 5) is 31.0. The molecule has 58 heavy (non-hydrogen) atoms. The van der Waals surface area contributed by atoms with Crippen LogP contribution in [0, 0.1) is 51.2 Å². The Kier molecular flexibility index (Phi) is 10.3. The number of alkyl halides is 3. The number of amides is 1. The molecule has 4 fully saturated rings. The first-order chi connectivity index (χ1) is 27.3. The number of carbonyl (C=O) groups is 2. The highest BCUT2D eigenvalue weighted by Gasteiger charge is 2.74. The number of ketones is 1. The first-order valence-electron chi connectivity index (χ1n) is 21.6. The summed E-state index contributed by atoms with van der Waals surface area (Å²) in [6, 6.07) is 14.9. The van der Waals surface area contributed by atoms with Gasteiger partial charge in [0.15, 0.2) is 5.78 Å². The second kappa shape index (κ2) is 14.5. The van der Waals surface area contributed by atoms with Crippen molar-refractivity contribution in [2.24, 2.45) is 51.2 Å². The van der Waals surface area contributed by atoms with E-state index in [0.29, 0.717) is 55.1 Å². The third kappa shape index (κ3) is 6.63. The summed E-state index contributed by atoms with van der Waals surface area (Å²) in [7, 11) is 0. The number of nitrogens with zero attached hydrogens (tertiary/aromatic N) is 1. The highest BCUT2D eigenvalue weighted by molar-refractivity contribution is 6.10. The second-order valence-corrected chi connectivity index (χ2v) is 19.8. The van der Waals surface area contributed by atoms with Crippen molar-refractivity contribution in [3.63, 3.8) is 0 Å². The number of rotatable bonds is 9. The van der Waals surface area contributed by atoms with Crippen LogP contribution in [0.4, 0.5) is 18.0 Å². The van der Waals surface area contributed by atoms with E-state index in [2.05, 4.69) is 57.6 Å². The third-order valence-electron chi connectivity index (χ3n) is 16.4. The Labute approximate surface area is 341 Å². The van der Waals surface area contributed by atoms with Gasteiger partial charge in [-0.25, -0.2) is 4.79 Å². The van der Waals surface area contributed by atoms with Crippen LogP contribution < -0.4 is 4.74 Å². The maximum absolute atomic E-state index is 14.8. The van der Waals surface area contributed by atoms with Crippen LogP contribution in [0.2, 0.25) is 0 Å². The molecule has 2 bridgehead atoms. The number of carbonyl (C=O) groups excluding carboxylic acids is 2. The maximum Gasteiger partial charge on any atom is 0.573 e. The molecule has 314 valence electrons. The maximum atomic E-state index is 14.8. The zero-order chi connectivity index (χ0) is 41.5. The number of Topliss-reactive ketones (excluding diaryl/α,β-unsaturated/α-hetero) is 1. The SMILES string of the molecule is CC1CCC(C(C)C)C(OC(=O)N(Cc2ccc(OC(F)(F)F)cc2)CC2(O)CCC3C45C=CC6(C=C4C(=O)c4ccccc4)CC(O)CCC6(C)C5CCC32C)C1. The van der Waals surface area contributed by atoms with Gasteiger partial charge in [-0.1, -0.05) is 102 Å². The van der Waals surface area contributed by atoms with Gasteiger partial charge in [0.2, 0.25) is 0 Å². The van der Waals surface area contributed by atoms with Gasteiger partial charge in [0.1, 0.15) is 11.9 Å². The number of aliphatic hydroxyl groups is 2. The molecule has 0 saturated heterocycles. The van der Waals surface area contributed by atoms with Crippen molar-refractivity contribution >= 4 is 11.9 Å². The van der Waals surface area contributed by atoms with Gasteiger partial charge in [-0.15, -0.1) is 13.2 Å². The van der Waals surface area contributed by atoms with Crippen LogP contribution in [0.1, 0.15) is 115 Å². The molecule has 11 atom stereocenters. The Morgan fingerprint density at radius 1 is 0.897 bits per heavy atom. The highest BCUT2D eigenvalue weighted by Crippen LogP contribution is 2.78. The van der Waals surface area contributed by atoms with E-state index in [1.165, 1.54) is 24.3 Å². The van der Waals surface area contributed by atoms with E-state index in [1.54, 1.807) is 4.90 Å². The summed E-state index contributed by atoms with van der Waals surface area (Å²) < 4.78 is 49.6. The van der Waals surface area contributed by atoms with Crippen molar-refractivity contribution < 1.29 is 42.4 Å². The number of hydrogen-bond acceptors (Lipinski definition) is 6. The predicted molar refractivity (Wildman–Crippen MR) is 214 cm³/mol. The van der Waals surface area contributed by atoms with E-state index < -0.39 is 40.4 Å². The molecule has 4 saturated carbocycles. The molecule has 9 rings (SSSR count). The summed E-state index contributed by atoms with van der Waals surface area (Å²) in [5.74, 6) is 0.518. The smallest absolute Gasteiger partial charge is 0.446 e. The third-order valence-corrected chi connectivity index (χ3v) is 16.4. The highest BCUT2D eigenvalue weighted by atomic mass is 19.4. The number of fused-ring (bicyclic) bond motifs is 1. The molecule has 2 aromatic carbocycles. The minimum atomic E-state index is -4.83. The first-order valence-corrected chi connectivity index (χ1v) is 21.6. The monoisotopic (exact) mass is 803 g/mol. The number of benzene rings is 2. The number of aliphatic hydroxyl groups excluding tert-OH is 1. The Morgan fingerprint density at radius 3 is 2.26 bits per heavy atom. The molecule has 11 unspecified atom stereocenters. The Hall–Kier alpha value is -3.63. The molecule has 7 nitrogen and oxygen atoms in total. The lowest BCUT2D eigenvalue weighted by Crippen LogP contribution is -2.67. The van der Waals surface area contributed by atoms with Gasteiger partial charge in [0, 0.05) is 33.9 Å². The minimum Gasteiger partial charge on any atom is -0.446 e. The topological polar surface area (TPSA) is 96.3 Å². The lowest BCUT2D eigenvalue weighted by molar-refractivity contribution is -0.274. The molecule has 7 aliphatic rings. The largest absolute Gasteiger partial charge is 0.573 e. The van der Waals surface area contributed by atoms with Crippen molar-refractivity contribution in [1.29, 1.82) is 0 Å². The minimum absolute atomic E-state index is 0.0132. The van der Waals surface area contributed by atoms with Gasteiger partial charge >= 0.3 is 12.5 Å². The summed E-state index contributed by atoms with van der Waals surface area (Å²) in [6.45, 7) is 11.0. The van der Waals surface area contributed by atoms with Crippen molar-refractivity contribution in [3.8, 4) is 5.75 Å². The van der Waals surface area contributed by atoms with E-state index in [9.17, 15) is 33.0 Å². The van der Waals surface area contributed by atoms with E-state index >= 15 is 0 Å². The van der Waals surface area contributed by atoms with Crippen molar-refractivity contribution in [2.75, 3.05) is 6.54 Å². The number of allylic oxidation sites excluding steroid dienone is 4. The first kappa shape index (κ1) is 41.1. The van der Waals surface area contributed by atoms with E-state index in [-0.39, 0.29) is 53.9 Å². The van der Waals surface area contributed by atoms with E-state index in [4.69, 9.17) is 4.74 Å². The van der Waals surface area contributed by atoms with E-state index in [1.807, 2.05) is 30.3 Å². The lowest BCUT2D eigenvalue weighted by Gasteiger charge is -2.71. The fourth-order valence-electron chi connectivity index (χ4n) is 13.3. The molecular weight excluding hydrogens is 744 g/mol. The van der Waals surface area contributed by atoms with Crippen LogP contribution >= 0.6 is 0 Å². The zero-order valence-corrected chi connectivity index (χ0v) is 34.6. The zero-order valence-electron chi connectivity index (χ0n) is 34.6. The number of halogens is 3. The average molecular weight is 804 g/mol. The van der Waals surface area contributed by atoms with Crippen molar-refractivity contribution in [3.05, 3.63) is 89.5 Å². The standard InChI is InChI=1S/C48H60F3NO6/c1-30(2)36-16-11-31(3)25-38(36)57-42(55)52(28-32-12-14-35(15-13-32)58-48(49,50)51)29-46(56)22-19-40-44(46,5)21-18-39-43(4)20-17-34(53)26-45(43)23-24-47(39,40)37(27-45)41(54)33-9-7-6-8-10-33/h6-10,12-15,23-24,27,30-31,34,36,38-40,53,56H,11,16-22,25-26,28-29H2,1-5H3. The molecule has 0 aliphatic heterocycles. The lowest BCUT2D eigenvalue weighted by atomic mass is 9.32. The van der Waals surface area contributed by atoms with Crippen molar-refractivity contribution in [1.82, 2.24) is 4.90 Å². The second-order valence-electron chi connectivity index (χ2n) is 19.8. The van der Waals surface area contributed by atoms with E-state index in [0.717, 1.165) is 37.7 Å². The summed E-state index contributed by atoms with van der Waals surface area (Å²) in [6.07, 6.45) is 8.04. The molecule has 0 radical (unpaired) electrons. The van der Waals surface area contributed by atoms with Crippen LogP contribution in [-0.2, 0) is 11.3 Å². The molecule has 7 aliphatic carbocycles. The van der Waals surface area contributed by atoms with Gasteiger partial charge in [-0.2, -0.15) is 0 Å². The van der Waals surface area contributed by atoms with Crippen molar-refractivity contribution in [2.45, 2.75) is 130 Å². The van der Waals surface area contributed by atoms with Crippen LogP contribution in [-0.4, -0.2) is 57.7 Å². The average Bonchev–Trinajstić information content (AvgIpc) is 3.44. The molecule has 0 heterocycles. The van der Waals surface area contributed by atoms with Crippen LogP contribution in [0.15, 0.2) is 78.4 Å². The predicted octanol–water partition coefficient (Wildman–Crippen LogP) is 10.5. The summed E-state index contributed by atoms with van der Waals surface area (Å²) in [5.41, 5.74) is -1.41. The molecule has 2 N–H and O–H groups in total. The Bertz CT molecular complexity index is 1950. The molecule has 0 aromatic heterocycles. The Balaban J connectivity index is 1.15. The van der Waals surface area contributed by atoms with Gasteiger partial charge in [-0.05, 0) is 110 Å². The molecular formula is C48H60F3NO6. The van der Waals surface area contributed by atoms with Crippen LogP contribution in [0.5, 0.6) is 5.75 Å². The molecule has 1 amide bonds. The molecule has 10 heteroatoms. The fraction of sp³-hybridized carbons (Fsp3) is 0.625. The fourth-order valence-corrected chi connectivity index (χ4v) is 13.3. The van der Waals surface area contributed by atoms with Gasteiger partial charge in [0.05, 0.1) is 18.2 Å². The molecule has 2 spiro atoms. The summed E-state index contributed by atoms with van der Waals surface area (Å²) >= 11 is 0. The number of hydrogen-bond donors (Lipinski definition) is 2. The molecule has 2 aromatic rings. The normalized spacial score (nSPS) is 39.0. The summed E-state index contributed by atoms with van der Waals surface area (Å²) in [5, 5.41) is 24.3.